The molecule has 2 aromatic carbocycles. The number of hydrogen-bond donors (Lipinski definition) is 5. The van der Waals surface area contributed by atoms with Crippen molar-refractivity contribution in [1.82, 2.24) is 0 Å². The Hall–Kier alpha value is -2.76. The normalized spacial score (nSPS) is 10.2. The lowest BCUT2D eigenvalue weighted by Crippen LogP contribution is -1.86. The predicted molar refractivity (Wildman–Crippen MR) is 61.3 cm³/mol. The maximum atomic E-state index is 9.50. The summed E-state index contributed by atoms with van der Waals surface area (Å²) in [6, 6.07) is 5.53. The largest absolute Gasteiger partial charge is 0.508 e. The quantitative estimate of drug-likeness (QED) is 0.557. The second-order valence-corrected chi connectivity index (χ2v) is 3.57. The molecule has 94 valence electrons. The molecule has 0 aliphatic carbocycles. The van der Waals surface area contributed by atoms with Crippen molar-refractivity contribution >= 4 is 0 Å². The monoisotopic (exact) mass is 250 g/mol. The van der Waals surface area contributed by atoms with E-state index in [0.717, 1.165) is 18.2 Å². The van der Waals surface area contributed by atoms with E-state index in [-0.39, 0.29) is 28.7 Å². The van der Waals surface area contributed by atoms with Crippen LogP contribution in [0, 0.1) is 0 Å². The molecule has 0 amide bonds. The SMILES string of the molecule is Oc1ccc(Oc2c(O)cc(O)cc2O)c(O)c1. The molecule has 0 radical (unpaired) electrons. The molecule has 5 N–H and O–H groups in total. The molecular formula is C12H10O6. The van der Waals surface area contributed by atoms with Crippen LogP contribution in [0.3, 0.4) is 0 Å². The lowest BCUT2D eigenvalue weighted by molar-refractivity contribution is 0.354. The molecule has 0 aliphatic heterocycles. The van der Waals surface area contributed by atoms with Gasteiger partial charge in [0.2, 0.25) is 5.75 Å². The highest BCUT2D eigenvalue weighted by Gasteiger charge is 2.14. The van der Waals surface area contributed by atoms with Gasteiger partial charge in [0.1, 0.15) is 11.5 Å². The van der Waals surface area contributed by atoms with Crippen molar-refractivity contribution in [1.29, 1.82) is 0 Å². The van der Waals surface area contributed by atoms with E-state index in [1.54, 1.807) is 0 Å². The summed E-state index contributed by atoms with van der Waals surface area (Å²) in [4.78, 5) is 0. The third-order valence-electron chi connectivity index (χ3n) is 2.19. The van der Waals surface area contributed by atoms with E-state index in [1.807, 2.05) is 0 Å². The Bertz CT molecular complexity index is 570. The fourth-order valence-electron chi connectivity index (χ4n) is 1.39. The highest BCUT2D eigenvalue weighted by Crippen LogP contribution is 2.44. The average molecular weight is 250 g/mol. The van der Waals surface area contributed by atoms with Crippen LogP contribution in [0.4, 0.5) is 0 Å². The van der Waals surface area contributed by atoms with E-state index >= 15 is 0 Å². The van der Waals surface area contributed by atoms with Gasteiger partial charge in [0.15, 0.2) is 23.0 Å². The molecule has 0 spiro atoms. The Morgan fingerprint density at radius 2 is 1.22 bits per heavy atom. The number of aromatic hydroxyl groups is 5. The van der Waals surface area contributed by atoms with E-state index in [4.69, 9.17) is 14.9 Å². The van der Waals surface area contributed by atoms with Crippen LogP contribution in [-0.4, -0.2) is 25.5 Å². The zero-order valence-corrected chi connectivity index (χ0v) is 9.03. The van der Waals surface area contributed by atoms with Crippen LogP contribution in [0.5, 0.6) is 40.2 Å². The molecule has 18 heavy (non-hydrogen) atoms. The van der Waals surface area contributed by atoms with Crippen molar-refractivity contribution in [3.63, 3.8) is 0 Å². The number of ether oxygens (including phenoxy) is 1. The molecule has 0 bridgehead atoms. The van der Waals surface area contributed by atoms with Crippen LogP contribution in [0.25, 0.3) is 0 Å². The van der Waals surface area contributed by atoms with Gasteiger partial charge in [0.05, 0.1) is 0 Å². The number of phenols is 5. The van der Waals surface area contributed by atoms with Crippen LogP contribution in [-0.2, 0) is 0 Å². The first kappa shape index (κ1) is 11.7. The minimum Gasteiger partial charge on any atom is -0.508 e. The third kappa shape index (κ3) is 2.17. The van der Waals surface area contributed by atoms with Gasteiger partial charge in [-0.15, -0.1) is 0 Å². The average Bonchev–Trinajstić information content (AvgIpc) is 2.25. The van der Waals surface area contributed by atoms with Crippen molar-refractivity contribution in [2.45, 2.75) is 0 Å². The molecule has 2 rings (SSSR count). The summed E-state index contributed by atoms with van der Waals surface area (Å²) in [5, 5.41) is 46.7. The lowest BCUT2D eigenvalue weighted by Gasteiger charge is -2.11. The van der Waals surface area contributed by atoms with Gasteiger partial charge in [-0.25, -0.2) is 0 Å². The van der Waals surface area contributed by atoms with Gasteiger partial charge in [-0.2, -0.15) is 0 Å². The molecule has 2 aromatic rings. The van der Waals surface area contributed by atoms with Crippen LogP contribution < -0.4 is 4.74 Å². The molecular weight excluding hydrogens is 240 g/mol. The molecule has 6 heteroatoms. The smallest absolute Gasteiger partial charge is 0.211 e. The molecule has 0 atom stereocenters. The Balaban J connectivity index is 2.40. The maximum absolute atomic E-state index is 9.50. The Morgan fingerprint density at radius 3 is 1.78 bits per heavy atom. The van der Waals surface area contributed by atoms with Crippen LogP contribution >= 0.6 is 0 Å². The summed E-state index contributed by atoms with van der Waals surface area (Å²) in [6.07, 6.45) is 0. The second-order valence-electron chi connectivity index (χ2n) is 3.57. The highest BCUT2D eigenvalue weighted by molar-refractivity contribution is 5.57. The minimum atomic E-state index is -0.486. The highest BCUT2D eigenvalue weighted by atomic mass is 16.5. The summed E-state index contributed by atoms with van der Waals surface area (Å²) in [7, 11) is 0. The van der Waals surface area contributed by atoms with Gasteiger partial charge in [0.25, 0.3) is 0 Å². The Morgan fingerprint density at radius 1 is 0.667 bits per heavy atom. The van der Waals surface area contributed by atoms with Crippen molar-refractivity contribution < 1.29 is 30.3 Å². The first-order chi connectivity index (χ1) is 8.47. The van der Waals surface area contributed by atoms with E-state index < -0.39 is 11.5 Å². The van der Waals surface area contributed by atoms with Gasteiger partial charge in [0, 0.05) is 18.2 Å². The molecule has 0 saturated heterocycles. The van der Waals surface area contributed by atoms with Gasteiger partial charge >= 0.3 is 0 Å². The topological polar surface area (TPSA) is 110 Å². The molecule has 0 fully saturated rings. The van der Waals surface area contributed by atoms with Crippen molar-refractivity contribution in [2.24, 2.45) is 0 Å². The number of hydrogen-bond acceptors (Lipinski definition) is 6. The summed E-state index contributed by atoms with van der Waals surface area (Å²) >= 11 is 0. The number of benzene rings is 2. The van der Waals surface area contributed by atoms with Crippen molar-refractivity contribution in [2.75, 3.05) is 0 Å². The maximum Gasteiger partial charge on any atom is 0.211 e. The summed E-state index contributed by atoms with van der Waals surface area (Å²) in [5.41, 5.74) is 0. The van der Waals surface area contributed by atoms with Gasteiger partial charge < -0.3 is 30.3 Å². The lowest BCUT2D eigenvalue weighted by atomic mass is 10.2. The van der Waals surface area contributed by atoms with E-state index in [1.165, 1.54) is 12.1 Å². The van der Waals surface area contributed by atoms with E-state index in [0.29, 0.717) is 0 Å². The summed E-state index contributed by atoms with van der Waals surface area (Å²) in [6.45, 7) is 0. The molecule has 0 saturated carbocycles. The van der Waals surface area contributed by atoms with E-state index in [9.17, 15) is 15.3 Å². The molecule has 0 unspecified atom stereocenters. The second kappa shape index (κ2) is 4.25. The van der Waals surface area contributed by atoms with Crippen LogP contribution in [0.15, 0.2) is 30.3 Å². The summed E-state index contributed by atoms with van der Waals surface area (Å²) in [5.74, 6) is -2.19. The predicted octanol–water partition coefficient (Wildman–Crippen LogP) is 2.01. The van der Waals surface area contributed by atoms with Crippen LogP contribution in [0.1, 0.15) is 0 Å². The molecule has 0 heterocycles. The first-order valence-corrected chi connectivity index (χ1v) is 4.92. The molecule has 0 aromatic heterocycles. The fraction of sp³-hybridized carbons (Fsp3) is 0. The number of phenolic OH excluding ortho intramolecular Hbond substituents is 5. The fourth-order valence-corrected chi connectivity index (χ4v) is 1.39. The van der Waals surface area contributed by atoms with Gasteiger partial charge in [-0.3, -0.25) is 0 Å². The number of rotatable bonds is 2. The van der Waals surface area contributed by atoms with E-state index in [2.05, 4.69) is 0 Å². The first-order valence-electron chi connectivity index (χ1n) is 4.92. The summed E-state index contributed by atoms with van der Waals surface area (Å²) < 4.78 is 5.11. The Kier molecular flexibility index (Phi) is 2.77. The zero-order valence-electron chi connectivity index (χ0n) is 9.03. The van der Waals surface area contributed by atoms with Gasteiger partial charge in [-0.05, 0) is 12.1 Å². The van der Waals surface area contributed by atoms with Crippen molar-refractivity contribution in [3.05, 3.63) is 30.3 Å². The molecule has 6 nitrogen and oxygen atoms in total. The standard InChI is InChI=1S/C12H10O6/c13-6-1-2-11(8(15)3-6)18-12-9(16)4-7(14)5-10(12)17/h1-5,13-17H. The van der Waals surface area contributed by atoms with Crippen LogP contribution in [0.2, 0.25) is 0 Å². The Labute approximate surface area is 102 Å². The molecule has 0 aliphatic rings. The minimum absolute atomic E-state index is 0.0657. The third-order valence-corrected chi connectivity index (χ3v) is 2.19. The van der Waals surface area contributed by atoms with Gasteiger partial charge in [-0.1, -0.05) is 0 Å². The van der Waals surface area contributed by atoms with Crippen molar-refractivity contribution in [3.8, 4) is 40.2 Å². The zero-order chi connectivity index (χ0) is 13.3.